The smallest absolute Gasteiger partial charge is 0.182 e. The Morgan fingerprint density at radius 2 is 2.11 bits per heavy atom. The molecule has 1 aliphatic carbocycles. The first kappa shape index (κ1) is 15.2. The van der Waals surface area contributed by atoms with Crippen molar-refractivity contribution in [3.8, 4) is 0 Å². The van der Waals surface area contributed by atoms with Crippen LogP contribution < -0.4 is 0 Å². The molecule has 0 bridgehead atoms. The van der Waals surface area contributed by atoms with Gasteiger partial charge in [-0.3, -0.25) is 0 Å². The molecule has 2 aliphatic rings. The summed E-state index contributed by atoms with van der Waals surface area (Å²) in [7, 11) is 0. The lowest BCUT2D eigenvalue weighted by molar-refractivity contribution is 0.204. The lowest BCUT2D eigenvalue weighted by Gasteiger charge is -2.40. The van der Waals surface area contributed by atoms with Crippen LogP contribution in [-0.2, 0) is 0 Å². The Hall–Kier alpha value is -0.220. The van der Waals surface area contributed by atoms with E-state index in [0.29, 0.717) is 17.4 Å². The van der Waals surface area contributed by atoms with Crippen molar-refractivity contribution in [2.45, 2.75) is 30.8 Å². The Morgan fingerprint density at radius 3 is 2.63 bits per heavy atom. The van der Waals surface area contributed by atoms with Crippen LogP contribution >= 0.6 is 23.5 Å². The molecule has 1 fully saturated rings. The van der Waals surface area contributed by atoms with Crippen LogP contribution in [0.4, 0.5) is 8.78 Å². The van der Waals surface area contributed by atoms with Gasteiger partial charge in [-0.25, -0.2) is 0 Å². The molecule has 106 valence electrons. The summed E-state index contributed by atoms with van der Waals surface area (Å²) in [6.07, 6.45) is 11.6. The maximum Gasteiger partial charge on any atom is 0.341 e. The van der Waals surface area contributed by atoms with Crippen LogP contribution in [0.15, 0.2) is 36.5 Å². The fourth-order valence-electron chi connectivity index (χ4n) is 2.41. The predicted molar refractivity (Wildman–Crippen MR) is 82.7 cm³/mol. The summed E-state index contributed by atoms with van der Waals surface area (Å²) in [5.41, 5.74) is 1.38. The molecule has 0 amide bonds. The van der Waals surface area contributed by atoms with Gasteiger partial charge in [-0.1, -0.05) is 60.3 Å². The van der Waals surface area contributed by atoms with Gasteiger partial charge in [0.25, 0.3) is 0 Å². The average Bonchev–Trinajstić information content (AvgIpc) is 2.38. The first-order valence-corrected chi connectivity index (χ1v) is 8.57. The van der Waals surface area contributed by atoms with Crippen LogP contribution in [0.3, 0.4) is 0 Å². The molecule has 0 saturated carbocycles. The van der Waals surface area contributed by atoms with Gasteiger partial charge in [0.15, 0.2) is 0 Å². The molecule has 1 unspecified atom stereocenters. The highest BCUT2D eigenvalue weighted by atomic mass is 32.2. The first-order chi connectivity index (χ1) is 8.95. The van der Waals surface area contributed by atoms with Crippen LogP contribution in [0.1, 0.15) is 26.2 Å². The highest BCUT2D eigenvalue weighted by Gasteiger charge is 2.42. The summed E-state index contributed by atoms with van der Waals surface area (Å²) < 4.78 is 23.7. The molecular weight excluding hydrogens is 282 g/mol. The number of hydrogen-bond donors (Lipinski definition) is 0. The van der Waals surface area contributed by atoms with Crippen LogP contribution in [0.25, 0.3) is 0 Å². The van der Waals surface area contributed by atoms with Crippen molar-refractivity contribution in [3.63, 3.8) is 0 Å². The fourth-order valence-corrected chi connectivity index (χ4v) is 5.09. The van der Waals surface area contributed by atoms with Gasteiger partial charge in [0.2, 0.25) is 0 Å². The zero-order valence-corrected chi connectivity index (χ0v) is 12.8. The lowest BCUT2D eigenvalue weighted by atomic mass is 9.73. The Balaban J connectivity index is 1.94. The molecule has 1 atom stereocenters. The molecule has 0 N–H and O–H groups in total. The van der Waals surface area contributed by atoms with Crippen LogP contribution in [0, 0.1) is 11.3 Å². The van der Waals surface area contributed by atoms with Crippen molar-refractivity contribution in [2.24, 2.45) is 11.3 Å². The van der Waals surface area contributed by atoms with Crippen molar-refractivity contribution in [3.05, 3.63) is 36.5 Å². The normalized spacial score (nSPS) is 31.0. The van der Waals surface area contributed by atoms with Gasteiger partial charge in [0, 0.05) is 11.5 Å². The molecule has 1 heterocycles. The topological polar surface area (TPSA) is 0 Å². The number of alkyl halides is 2. The minimum atomic E-state index is -2.59. The summed E-state index contributed by atoms with van der Waals surface area (Å²) >= 11 is 1.59. The maximum absolute atomic E-state index is 13.2. The predicted octanol–water partition coefficient (Wildman–Crippen LogP) is 5.49. The quantitative estimate of drug-likeness (QED) is 0.630. The molecule has 0 spiro atoms. The van der Waals surface area contributed by atoms with Gasteiger partial charge in [0.05, 0.1) is 0 Å². The number of rotatable bonds is 4. The van der Waals surface area contributed by atoms with E-state index in [1.807, 2.05) is 6.08 Å². The monoisotopic (exact) mass is 302 g/mol. The lowest BCUT2D eigenvalue weighted by Crippen LogP contribution is -2.34. The van der Waals surface area contributed by atoms with Crippen LogP contribution in [0.2, 0.25) is 0 Å². The molecule has 4 heteroatoms. The Bertz CT molecular complexity index is 391. The third-order valence-electron chi connectivity index (χ3n) is 3.96. The van der Waals surface area contributed by atoms with E-state index in [1.54, 1.807) is 0 Å². The van der Waals surface area contributed by atoms with Crippen molar-refractivity contribution < 1.29 is 8.78 Å². The summed E-state index contributed by atoms with van der Waals surface area (Å²) in [5.74, 6) is 1.43. The van der Waals surface area contributed by atoms with E-state index in [2.05, 4.69) is 31.7 Å². The zero-order chi connectivity index (χ0) is 13.9. The summed E-state index contributed by atoms with van der Waals surface area (Å²) in [6.45, 7) is 5.93. The van der Waals surface area contributed by atoms with E-state index in [-0.39, 0.29) is 5.41 Å². The van der Waals surface area contributed by atoms with Crippen molar-refractivity contribution in [2.75, 3.05) is 11.5 Å². The number of thioether (sulfide) groups is 2. The molecular formula is C15H20F2S2. The molecule has 0 radical (unpaired) electrons. The Labute approximate surface area is 122 Å². The molecule has 1 saturated heterocycles. The van der Waals surface area contributed by atoms with Gasteiger partial charge >= 0.3 is 4.59 Å². The minimum Gasteiger partial charge on any atom is -0.182 e. The molecule has 0 nitrogen and oxygen atoms in total. The van der Waals surface area contributed by atoms with Crippen molar-refractivity contribution >= 4 is 23.5 Å². The van der Waals surface area contributed by atoms with Gasteiger partial charge in [-0.2, -0.15) is 8.78 Å². The third kappa shape index (κ3) is 3.88. The molecule has 0 aromatic rings. The summed E-state index contributed by atoms with van der Waals surface area (Å²) in [4.78, 5) is 0. The Morgan fingerprint density at radius 1 is 1.42 bits per heavy atom. The van der Waals surface area contributed by atoms with Crippen LogP contribution in [-0.4, -0.2) is 16.1 Å². The third-order valence-corrected chi connectivity index (χ3v) is 6.47. The number of hydrogen-bond acceptors (Lipinski definition) is 2. The van der Waals surface area contributed by atoms with Gasteiger partial charge in [-0.15, -0.1) is 6.58 Å². The van der Waals surface area contributed by atoms with E-state index >= 15 is 0 Å². The van der Waals surface area contributed by atoms with Gasteiger partial charge in [0.1, 0.15) is 0 Å². The summed E-state index contributed by atoms with van der Waals surface area (Å²) in [6, 6.07) is 0. The van der Waals surface area contributed by atoms with E-state index < -0.39 is 4.59 Å². The number of halogens is 2. The van der Waals surface area contributed by atoms with Gasteiger partial charge < -0.3 is 0 Å². The highest BCUT2D eigenvalue weighted by molar-refractivity contribution is 8.18. The first-order valence-electron chi connectivity index (χ1n) is 6.60. The minimum absolute atomic E-state index is 0.0359. The fraction of sp³-hybridized carbons (Fsp3) is 0.600. The largest absolute Gasteiger partial charge is 0.341 e. The molecule has 0 aromatic carbocycles. The second-order valence-corrected chi connectivity index (χ2v) is 7.96. The second-order valence-electron chi connectivity index (χ2n) is 5.43. The van der Waals surface area contributed by atoms with E-state index in [4.69, 9.17) is 0 Å². The molecule has 0 aromatic heterocycles. The second kappa shape index (κ2) is 6.04. The molecule has 1 aliphatic heterocycles. The zero-order valence-electron chi connectivity index (χ0n) is 11.2. The van der Waals surface area contributed by atoms with Crippen molar-refractivity contribution in [1.29, 1.82) is 0 Å². The average molecular weight is 302 g/mol. The summed E-state index contributed by atoms with van der Waals surface area (Å²) in [5, 5.41) is 0. The SMILES string of the molecule is C=CCCC1=CCC(C)(C2CSC(F)(F)SC2)C=C1. The van der Waals surface area contributed by atoms with Gasteiger partial charge in [-0.05, 0) is 30.6 Å². The molecule has 2 rings (SSSR count). The number of allylic oxidation sites excluding steroid dienone is 5. The van der Waals surface area contributed by atoms with E-state index in [0.717, 1.165) is 42.8 Å². The van der Waals surface area contributed by atoms with E-state index in [1.165, 1.54) is 5.57 Å². The Kier molecular flexibility index (Phi) is 4.83. The van der Waals surface area contributed by atoms with Crippen molar-refractivity contribution in [1.82, 2.24) is 0 Å². The molecule has 19 heavy (non-hydrogen) atoms. The highest BCUT2D eigenvalue weighted by Crippen LogP contribution is 2.52. The maximum atomic E-state index is 13.2. The standard InChI is InChI=1S/C15H20F2S2/c1-3-4-5-12-6-8-14(2,9-7-12)13-10-18-15(16,17)19-11-13/h3,6-8,13H,1,4-5,9-11H2,2H3. The van der Waals surface area contributed by atoms with Crippen LogP contribution in [0.5, 0.6) is 0 Å². The van der Waals surface area contributed by atoms with E-state index in [9.17, 15) is 8.78 Å².